The van der Waals surface area contributed by atoms with Crippen molar-refractivity contribution in [3.8, 4) is 17.2 Å². The van der Waals surface area contributed by atoms with Crippen molar-refractivity contribution >= 4 is 28.6 Å². The third-order valence-electron chi connectivity index (χ3n) is 6.59. The van der Waals surface area contributed by atoms with Crippen LogP contribution in [0.15, 0.2) is 109 Å². The molecule has 4 aromatic carbocycles. The number of amides is 2. The summed E-state index contributed by atoms with van der Waals surface area (Å²) in [5, 5.41) is 3.50. The largest absolute Gasteiger partial charge is 0.486 e. The maximum atomic E-state index is 13.5. The summed E-state index contributed by atoms with van der Waals surface area (Å²) in [5.74, 6) is -0.467. The maximum absolute atomic E-state index is 13.5. The lowest BCUT2D eigenvalue weighted by atomic mass is 10.0. The molecule has 5 aromatic rings. The van der Waals surface area contributed by atoms with Gasteiger partial charge in [-0.05, 0) is 41.5 Å². The Labute approximate surface area is 255 Å². The summed E-state index contributed by atoms with van der Waals surface area (Å²) in [5.41, 5.74) is 1.59. The second-order valence-corrected chi connectivity index (χ2v) is 10.1. The number of hydrogen-bond donors (Lipinski definition) is 1. The number of aromatic nitrogens is 1. The van der Waals surface area contributed by atoms with Crippen LogP contribution in [0.4, 0.5) is 0 Å². The highest BCUT2D eigenvalue weighted by molar-refractivity contribution is 6.11. The minimum atomic E-state index is -0.691. The zero-order valence-corrected chi connectivity index (χ0v) is 24.4. The van der Waals surface area contributed by atoms with E-state index in [-0.39, 0.29) is 30.4 Å². The first-order valence-corrected chi connectivity index (χ1v) is 14.0. The van der Waals surface area contributed by atoms with Crippen LogP contribution in [0.5, 0.6) is 17.2 Å². The van der Waals surface area contributed by atoms with Gasteiger partial charge in [0.05, 0.1) is 0 Å². The average Bonchev–Trinajstić information content (AvgIpc) is 3.06. The van der Waals surface area contributed by atoms with Gasteiger partial charge in [-0.1, -0.05) is 78.9 Å². The van der Waals surface area contributed by atoms with Crippen LogP contribution in [0.25, 0.3) is 10.8 Å². The van der Waals surface area contributed by atoms with E-state index in [0.29, 0.717) is 22.3 Å². The van der Waals surface area contributed by atoms with Crippen molar-refractivity contribution < 1.29 is 28.6 Å². The van der Waals surface area contributed by atoms with Crippen LogP contribution >= 0.6 is 0 Å². The van der Waals surface area contributed by atoms with Crippen molar-refractivity contribution in [2.75, 3.05) is 20.6 Å². The lowest BCUT2D eigenvalue weighted by Crippen LogP contribution is -2.32. The summed E-state index contributed by atoms with van der Waals surface area (Å²) in [7, 11) is 3.20. The Bertz CT molecular complexity index is 1760. The van der Waals surface area contributed by atoms with Gasteiger partial charge in [-0.25, -0.2) is 4.98 Å². The van der Waals surface area contributed by atoms with E-state index < -0.39 is 24.3 Å². The van der Waals surface area contributed by atoms with Crippen molar-refractivity contribution in [2.45, 2.75) is 13.2 Å². The molecule has 0 saturated heterocycles. The molecule has 0 aliphatic carbocycles. The Morgan fingerprint density at radius 3 is 1.95 bits per heavy atom. The first-order chi connectivity index (χ1) is 21.4. The van der Waals surface area contributed by atoms with E-state index >= 15 is 0 Å². The van der Waals surface area contributed by atoms with Gasteiger partial charge in [0.25, 0.3) is 11.8 Å². The second kappa shape index (κ2) is 14.0. The van der Waals surface area contributed by atoms with Gasteiger partial charge in [0, 0.05) is 24.9 Å². The van der Waals surface area contributed by atoms with E-state index in [9.17, 15) is 14.4 Å². The smallest absolute Gasteiger partial charge is 0.325 e. The van der Waals surface area contributed by atoms with Gasteiger partial charge in [0.15, 0.2) is 11.4 Å². The number of esters is 1. The molecule has 0 aliphatic heterocycles. The van der Waals surface area contributed by atoms with Gasteiger partial charge in [-0.15, -0.1) is 0 Å². The minimum Gasteiger partial charge on any atom is -0.486 e. The zero-order valence-electron chi connectivity index (χ0n) is 24.4. The number of para-hydroxylation sites is 1. The van der Waals surface area contributed by atoms with Crippen molar-refractivity contribution in [2.24, 2.45) is 0 Å². The second-order valence-electron chi connectivity index (χ2n) is 10.1. The van der Waals surface area contributed by atoms with Crippen LogP contribution in [0, 0.1) is 0 Å². The fourth-order valence-electron chi connectivity index (χ4n) is 4.39. The number of rotatable bonds is 11. The molecular weight excluding hydrogens is 558 g/mol. The topological polar surface area (TPSA) is 107 Å². The van der Waals surface area contributed by atoms with Gasteiger partial charge in [0.2, 0.25) is 0 Å². The van der Waals surface area contributed by atoms with E-state index in [1.807, 2.05) is 91.0 Å². The molecule has 0 atom stereocenters. The van der Waals surface area contributed by atoms with Crippen LogP contribution in [0.3, 0.4) is 0 Å². The molecule has 5 rings (SSSR count). The molecule has 0 aliphatic rings. The minimum absolute atomic E-state index is 0.0346. The van der Waals surface area contributed by atoms with Crippen molar-refractivity contribution in [1.29, 1.82) is 0 Å². The molecule has 1 N–H and O–H groups in total. The quantitative estimate of drug-likeness (QED) is 0.195. The Morgan fingerprint density at radius 1 is 0.705 bits per heavy atom. The molecule has 0 bridgehead atoms. The van der Waals surface area contributed by atoms with Gasteiger partial charge >= 0.3 is 5.97 Å². The Kier molecular flexibility index (Phi) is 9.46. The van der Waals surface area contributed by atoms with Crippen LogP contribution in [-0.4, -0.2) is 48.3 Å². The van der Waals surface area contributed by atoms with Crippen molar-refractivity contribution in [3.63, 3.8) is 0 Å². The van der Waals surface area contributed by atoms with E-state index in [4.69, 9.17) is 14.2 Å². The third-order valence-corrected chi connectivity index (χ3v) is 6.59. The standard InChI is InChI=1S/C35H31N3O6/c1-38(2)35(41)31-29-20-27(44-26-16-10-5-11-17-26)18-19-28(29)33(43-23-25-14-8-4-9-15-25)32(37-31)34(40)36-21-30(39)42-22-24-12-6-3-7-13-24/h3-20H,21-23H2,1-2H3,(H,36,40). The molecule has 44 heavy (non-hydrogen) atoms. The number of carbonyl (C=O) groups is 3. The number of fused-ring (bicyclic) bond motifs is 1. The molecule has 0 radical (unpaired) electrons. The molecule has 9 heteroatoms. The molecular formula is C35H31N3O6. The van der Waals surface area contributed by atoms with Crippen molar-refractivity contribution in [3.05, 3.63) is 132 Å². The molecule has 0 unspecified atom stereocenters. The molecule has 0 spiro atoms. The number of pyridine rings is 1. The van der Waals surface area contributed by atoms with Crippen LogP contribution < -0.4 is 14.8 Å². The Balaban J connectivity index is 1.49. The molecule has 1 aromatic heterocycles. The molecule has 1 heterocycles. The highest BCUT2D eigenvalue weighted by Gasteiger charge is 2.26. The van der Waals surface area contributed by atoms with Gasteiger partial charge in [0.1, 0.15) is 37.0 Å². The molecule has 9 nitrogen and oxygen atoms in total. The summed E-state index contributed by atoms with van der Waals surface area (Å²) < 4.78 is 17.5. The Hall–Kier alpha value is -5.70. The van der Waals surface area contributed by atoms with Gasteiger partial charge in [-0.2, -0.15) is 0 Å². The lowest BCUT2D eigenvalue weighted by Gasteiger charge is -2.18. The van der Waals surface area contributed by atoms with E-state index in [2.05, 4.69) is 10.3 Å². The summed E-state index contributed by atoms with van der Waals surface area (Å²) in [6, 6.07) is 33.1. The van der Waals surface area contributed by atoms with Crippen LogP contribution in [0.2, 0.25) is 0 Å². The number of hydrogen-bond acceptors (Lipinski definition) is 7. The number of carbonyl (C=O) groups excluding carboxylic acids is 3. The molecule has 2 amide bonds. The van der Waals surface area contributed by atoms with E-state index in [1.54, 1.807) is 32.3 Å². The van der Waals surface area contributed by atoms with Crippen molar-refractivity contribution in [1.82, 2.24) is 15.2 Å². The van der Waals surface area contributed by atoms with Gasteiger partial charge in [-0.3, -0.25) is 14.4 Å². The van der Waals surface area contributed by atoms with Crippen LogP contribution in [-0.2, 0) is 22.7 Å². The highest BCUT2D eigenvalue weighted by atomic mass is 16.5. The zero-order chi connectivity index (χ0) is 30.9. The maximum Gasteiger partial charge on any atom is 0.325 e. The van der Waals surface area contributed by atoms with Gasteiger partial charge < -0.3 is 24.4 Å². The lowest BCUT2D eigenvalue weighted by molar-refractivity contribution is -0.143. The summed E-state index contributed by atoms with van der Waals surface area (Å²) in [6.45, 7) is -0.186. The molecule has 222 valence electrons. The third kappa shape index (κ3) is 7.38. The summed E-state index contributed by atoms with van der Waals surface area (Å²) in [6.07, 6.45) is 0. The van der Waals surface area contributed by atoms with E-state index in [1.165, 1.54) is 4.90 Å². The predicted octanol–water partition coefficient (Wildman–Crippen LogP) is 5.78. The normalized spacial score (nSPS) is 10.6. The molecule has 0 fully saturated rings. The Morgan fingerprint density at radius 2 is 1.32 bits per heavy atom. The number of benzene rings is 4. The summed E-state index contributed by atoms with van der Waals surface area (Å²) >= 11 is 0. The average molecular weight is 590 g/mol. The van der Waals surface area contributed by atoms with E-state index in [0.717, 1.165) is 11.1 Å². The first-order valence-electron chi connectivity index (χ1n) is 14.0. The molecule has 0 saturated carbocycles. The fraction of sp³-hybridized carbons (Fsp3) is 0.143. The first kappa shape index (κ1) is 29.8. The number of nitrogens with zero attached hydrogens (tertiary/aromatic N) is 2. The number of nitrogens with one attached hydrogen (secondary N) is 1. The summed E-state index contributed by atoms with van der Waals surface area (Å²) in [4.78, 5) is 45.2. The predicted molar refractivity (Wildman–Crippen MR) is 166 cm³/mol. The monoisotopic (exact) mass is 589 g/mol. The SMILES string of the molecule is CN(C)C(=O)c1nc(C(=O)NCC(=O)OCc2ccccc2)c(OCc2ccccc2)c2ccc(Oc3ccccc3)cc12. The highest BCUT2D eigenvalue weighted by Crippen LogP contribution is 2.35. The fourth-order valence-corrected chi connectivity index (χ4v) is 4.39. The van der Waals surface area contributed by atoms with Crippen LogP contribution in [0.1, 0.15) is 32.1 Å². The number of ether oxygens (including phenoxy) is 3.